The lowest BCUT2D eigenvalue weighted by Gasteiger charge is -2.20. The van der Waals surface area contributed by atoms with Crippen LogP contribution in [0.3, 0.4) is 0 Å². The molecular weight excluding hydrogens is 298 g/mol. The largest absolute Gasteiger partial charge is 0.366 e. The van der Waals surface area contributed by atoms with Crippen molar-refractivity contribution >= 4 is 5.82 Å². The monoisotopic (exact) mass is 323 g/mol. The molecule has 1 saturated heterocycles. The fraction of sp³-hybridized carbons (Fsp3) is 0.526. The van der Waals surface area contributed by atoms with E-state index in [0.717, 1.165) is 41.0 Å². The average molecular weight is 323 g/mol. The summed E-state index contributed by atoms with van der Waals surface area (Å²) < 4.78 is 0. The lowest BCUT2D eigenvalue weighted by atomic mass is 10.1. The fourth-order valence-corrected chi connectivity index (χ4v) is 3.66. The summed E-state index contributed by atoms with van der Waals surface area (Å²) >= 11 is 0. The molecule has 0 bridgehead atoms. The third-order valence-electron chi connectivity index (χ3n) is 5.29. The van der Waals surface area contributed by atoms with Gasteiger partial charge in [0.1, 0.15) is 5.82 Å². The molecule has 2 fully saturated rings. The van der Waals surface area contributed by atoms with Crippen molar-refractivity contribution in [2.45, 2.75) is 58.2 Å². The van der Waals surface area contributed by atoms with E-state index in [4.69, 9.17) is 4.98 Å². The van der Waals surface area contributed by atoms with Crippen molar-refractivity contribution in [2.24, 2.45) is 0 Å². The van der Waals surface area contributed by atoms with Crippen LogP contribution in [0, 0.1) is 13.8 Å². The quantitative estimate of drug-likeness (QED) is 0.936. The first-order valence-electron chi connectivity index (χ1n) is 8.89. The summed E-state index contributed by atoms with van der Waals surface area (Å²) in [6.07, 6.45) is 7.51. The molecule has 5 heteroatoms. The average Bonchev–Trinajstić information content (AvgIpc) is 3.36. The summed E-state index contributed by atoms with van der Waals surface area (Å²) in [6, 6.07) is 5.89. The van der Waals surface area contributed by atoms with Crippen LogP contribution >= 0.6 is 0 Å². The molecule has 2 atom stereocenters. The first-order valence-corrected chi connectivity index (χ1v) is 8.89. The molecule has 24 heavy (non-hydrogen) atoms. The molecule has 2 aromatic heterocycles. The Morgan fingerprint density at radius 3 is 2.75 bits per heavy atom. The fourth-order valence-electron chi connectivity index (χ4n) is 3.66. The molecule has 1 aliphatic carbocycles. The standard InChI is InChI=1S/C19H25N5/c1-12-9-16(11-24(12)17-6-7-17)22-18-13(2)14(3)21-19(23-18)15-5-4-8-20-10-15/h4-5,8,10,12,16-17H,6-7,9,11H2,1-3H3,(H,21,22,23). The van der Waals surface area contributed by atoms with Crippen LogP contribution in [0.4, 0.5) is 5.82 Å². The van der Waals surface area contributed by atoms with E-state index >= 15 is 0 Å². The Bertz CT molecular complexity index is 726. The summed E-state index contributed by atoms with van der Waals surface area (Å²) in [5.74, 6) is 1.72. The third-order valence-corrected chi connectivity index (χ3v) is 5.29. The van der Waals surface area contributed by atoms with E-state index < -0.39 is 0 Å². The Balaban J connectivity index is 1.57. The highest BCUT2D eigenvalue weighted by atomic mass is 15.3. The zero-order chi connectivity index (χ0) is 16.7. The van der Waals surface area contributed by atoms with Crippen molar-refractivity contribution in [3.63, 3.8) is 0 Å². The smallest absolute Gasteiger partial charge is 0.163 e. The molecule has 2 unspecified atom stereocenters. The molecule has 0 radical (unpaired) electrons. The maximum atomic E-state index is 4.80. The van der Waals surface area contributed by atoms with E-state index in [1.54, 1.807) is 6.20 Å². The van der Waals surface area contributed by atoms with Crippen molar-refractivity contribution in [3.8, 4) is 11.4 Å². The Morgan fingerprint density at radius 1 is 1.21 bits per heavy atom. The van der Waals surface area contributed by atoms with Crippen molar-refractivity contribution in [1.82, 2.24) is 19.9 Å². The third kappa shape index (κ3) is 3.00. The van der Waals surface area contributed by atoms with Crippen molar-refractivity contribution in [1.29, 1.82) is 0 Å². The van der Waals surface area contributed by atoms with Gasteiger partial charge in [-0.2, -0.15) is 0 Å². The predicted octanol–water partition coefficient (Wildman–Crippen LogP) is 3.19. The highest BCUT2D eigenvalue weighted by molar-refractivity contribution is 5.58. The number of aromatic nitrogens is 3. The van der Waals surface area contributed by atoms with E-state index in [0.29, 0.717) is 12.1 Å². The van der Waals surface area contributed by atoms with Gasteiger partial charge in [0.15, 0.2) is 5.82 Å². The molecular formula is C19H25N5. The van der Waals surface area contributed by atoms with Gasteiger partial charge >= 0.3 is 0 Å². The number of nitrogens with zero attached hydrogens (tertiary/aromatic N) is 4. The minimum atomic E-state index is 0.468. The van der Waals surface area contributed by atoms with Crippen molar-refractivity contribution < 1.29 is 0 Å². The summed E-state index contributed by atoms with van der Waals surface area (Å²) in [5.41, 5.74) is 3.12. The molecule has 2 aromatic rings. The summed E-state index contributed by atoms with van der Waals surface area (Å²) in [5, 5.41) is 3.69. The van der Waals surface area contributed by atoms with E-state index in [1.807, 2.05) is 18.3 Å². The minimum Gasteiger partial charge on any atom is -0.366 e. The van der Waals surface area contributed by atoms with Crippen LogP contribution in [0.25, 0.3) is 11.4 Å². The zero-order valence-electron chi connectivity index (χ0n) is 14.7. The van der Waals surface area contributed by atoms with Crippen LogP contribution in [-0.2, 0) is 0 Å². The number of rotatable bonds is 4. The van der Waals surface area contributed by atoms with E-state index in [9.17, 15) is 0 Å². The maximum Gasteiger partial charge on any atom is 0.163 e. The van der Waals surface area contributed by atoms with Crippen LogP contribution in [0.2, 0.25) is 0 Å². The predicted molar refractivity (Wildman–Crippen MR) is 96.0 cm³/mol. The van der Waals surface area contributed by atoms with Crippen molar-refractivity contribution in [3.05, 3.63) is 35.8 Å². The second-order valence-corrected chi connectivity index (χ2v) is 7.20. The van der Waals surface area contributed by atoms with Crippen LogP contribution in [-0.4, -0.2) is 44.5 Å². The number of pyridine rings is 1. The number of aryl methyl sites for hydroxylation is 1. The number of anilines is 1. The highest BCUT2D eigenvalue weighted by Crippen LogP contribution is 2.34. The zero-order valence-corrected chi connectivity index (χ0v) is 14.7. The summed E-state index contributed by atoms with van der Waals surface area (Å²) in [7, 11) is 0. The minimum absolute atomic E-state index is 0.468. The van der Waals surface area contributed by atoms with Gasteiger partial charge < -0.3 is 5.32 Å². The summed E-state index contributed by atoms with van der Waals surface area (Å²) in [6.45, 7) is 7.62. The van der Waals surface area contributed by atoms with Gasteiger partial charge in [0.2, 0.25) is 0 Å². The highest BCUT2D eigenvalue weighted by Gasteiger charge is 2.38. The molecule has 1 N–H and O–H groups in total. The molecule has 1 saturated carbocycles. The Kier molecular flexibility index (Phi) is 3.96. The first-order chi connectivity index (χ1) is 11.6. The lowest BCUT2D eigenvalue weighted by molar-refractivity contribution is 0.257. The molecule has 4 rings (SSSR count). The molecule has 2 aliphatic rings. The SMILES string of the molecule is Cc1nc(-c2cccnc2)nc(NC2CC(C)N(C3CC3)C2)c1C. The van der Waals surface area contributed by atoms with E-state index in [1.165, 1.54) is 19.3 Å². The van der Waals surface area contributed by atoms with Crippen LogP contribution < -0.4 is 5.32 Å². The molecule has 0 amide bonds. The van der Waals surface area contributed by atoms with E-state index in [2.05, 4.69) is 41.0 Å². The second kappa shape index (κ2) is 6.13. The maximum absolute atomic E-state index is 4.80. The molecule has 0 aromatic carbocycles. The van der Waals surface area contributed by atoms with E-state index in [-0.39, 0.29) is 0 Å². The van der Waals surface area contributed by atoms with Gasteiger partial charge in [-0.3, -0.25) is 9.88 Å². The van der Waals surface area contributed by atoms with Gasteiger partial charge in [0, 0.05) is 53.9 Å². The second-order valence-electron chi connectivity index (χ2n) is 7.20. The van der Waals surface area contributed by atoms with Gasteiger partial charge in [-0.15, -0.1) is 0 Å². The van der Waals surface area contributed by atoms with Crippen LogP contribution in [0.15, 0.2) is 24.5 Å². The van der Waals surface area contributed by atoms with Gasteiger partial charge in [-0.25, -0.2) is 9.97 Å². The topological polar surface area (TPSA) is 53.9 Å². The molecule has 126 valence electrons. The van der Waals surface area contributed by atoms with Gasteiger partial charge in [0.25, 0.3) is 0 Å². The molecule has 5 nitrogen and oxygen atoms in total. The number of likely N-dealkylation sites (tertiary alicyclic amines) is 1. The number of nitrogens with one attached hydrogen (secondary N) is 1. The van der Waals surface area contributed by atoms with Gasteiger partial charge in [-0.05, 0) is 52.2 Å². The Morgan fingerprint density at radius 2 is 2.04 bits per heavy atom. The van der Waals surface area contributed by atoms with Gasteiger partial charge in [0.05, 0.1) is 0 Å². The summed E-state index contributed by atoms with van der Waals surface area (Å²) in [4.78, 5) is 16.3. The van der Waals surface area contributed by atoms with Gasteiger partial charge in [-0.1, -0.05) is 0 Å². The Labute approximate surface area is 143 Å². The first kappa shape index (κ1) is 15.5. The van der Waals surface area contributed by atoms with Crippen molar-refractivity contribution in [2.75, 3.05) is 11.9 Å². The number of hydrogen-bond donors (Lipinski definition) is 1. The molecule has 0 spiro atoms. The number of hydrogen-bond acceptors (Lipinski definition) is 5. The lowest BCUT2D eigenvalue weighted by Crippen LogP contribution is -2.31. The van der Waals surface area contributed by atoms with Crippen LogP contribution in [0.1, 0.15) is 37.4 Å². The Hall–Kier alpha value is -2.01. The normalized spacial score (nSPS) is 24.3. The van der Waals surface area contributed by atoms with Crippen LogP contribution in [0.5, 0.6) is 0 Å². The molecule has 1 aliphatic heterocycles. The molecule has 3 heterocycles.